The number of hydrogen-bond acceptors (Lipinski definition) is 4. The molecule has 1 amide bonds. The van der Waals surface area contributed by atoms with Crippen molar-refractivity contribution < 1.29 is 13.2 Å². The molecule has 140 valence electrons. The van der Waals surface area contributed by atoms with Crippen LogP contribution in [0, 0.1) is 11.8 Å². The molecule has 1 saturated heterocycles. The van der Waals surface area contributed by atoms with Gasteiger partial charge in [0.2, 0.25) is 15.9 Å². The zero-order chi connectivity index (χ0) is 18.4. The number of amides is 1. The van der Waals surface area contributed by atoms with Crippen LogP contribution in [0.4, 0.5) is 0 Å². The normalized spacial score (nSPS) is 19.6. The molecule has 0 radical (unpaired) electrons. The summed E-state index contributed by atoms with van der Waals surface area (Å²) < 4.78 is 26.0. The van der Waals surface area contributed by atoms with Gasteiger partial charge in [0.15, 0.2) is 0 Å². The van der Waals surface area contributed by atoms with Crippen molar-refractivity contribution in [2.24, 2.45) is 11.8 Å². The van der Waals surface area contributed by atoms with Crippen LogP contribution in [-0.4, -0.2) is 45.8 Å². The molecule has 0 aliphatic carbocycles. The molecule has 1 aliphatic heterocycles. The molecule has 2 rings (SSSR count). The lowest BCUT2D eigenvalue weighted by atomic mass is 9.85. The molecule has 0 bridgehead atoms. The van der Waals surface area contributed by atoms with Crippen LogP contribution >= 0.6 is 0 Å². The number of hydrogen-bond donors (Lipinski definition) is 2. The van der Waals surface area contributed by atoms with Crippen LogP contribution < -0.4 is 10.6 Å². The molecule has 0 spiro atoms. The van der Waals surface area contributed by atoms with Crippen LogP contribution in [0.3, 0.4) is 0 Å². The smallest absolute Gasteiger partial charge is 0.242 e. The second-order valence-corrected chi connectivity index (χ2v) is 9.08. The molecule has 0 saturated carbocycles. The van der Waals surface area contributed by atoms with Gasteiger partial charge in [-0.2, -0.15) is 0 Å². The van der Waals surface area contributed by atoms with Crippen molar-refractivity contribution in [3.05, 3.63) is 29.8 Å². The minimum absolute atomic E-state index is 0.0323. The van der Waals surface area contributed by atoms with E-state index in [0.717, 1.165) is 25.9 Å². The van der Waals surface area contributed by atoms with Crippen molar-refractivity contribution in [2.75, 3.05) is 27.2 Å². The maximum Gasteiger partial charge on any atom is 0.242 e. The highest BCUT2D eigenvalue weighted by Gasteiger charge is 2.23. The summed E-state index contributed by atoms with van der Waals surface area (Å²) in [6.07, 6.45) is 2.78. The summed E-state index contributed by atoms with van der Waals surface area (Å²) in [5, 5.41) is 6.26. The van der Waals surface area contributed by atoms with Gasteiger partial charge in [-0.1, -0.05) is 25.1 Å². The van der Waals surface area contributed by atoms with Gasteiger partial charge < -0.3 is 10.6 Å². The summed E-state index contributed by atoms with van der Waals surface area (Å²) in [5.41, 5.74) is 0.608. The zero-order valence-corrected chi connectivity index (χ0v) is 16.1. The molecule has 25 heavy (non-hydrogen) atoms. The van der Waals surface area contributed by atoms with Crippen LogP contribution in [-0.2, 0) is 21.4 Å². The number of nitrogens with zero attached hydrogens (tertiary/aromatic N) is 1. The van der Waals surface area contributed by atoms with Gasteiger partial charge in [0.25, 0.3) is 0 Å². The Morgan fingerprint density at radius 2 is 2.08 bits per heavy atom. The van der Waals surface area contributed by atoms with Crippen molar-refractivity contribution in [2.45, 2.75) is 37.6 Å². The average Bonchev–Trinajstić information content (AvgIpc) is 2.60. The maximum atomic E-state index is 12.4. The summed E-state index contributed by atoms with van der Waals surface area (Å²) in [6.45, 7) is 4.37. The van der Waals surface area contributed by atoms with Crippen LogP contribution in [0.2, 0.25) is 0 Å². The third-order valence-electron chi connectivity index (χ3n) is 4.85. The van der Waals surface area contributed by atoms with Crippen LogP contribution in [0.5, 0.6) is 0 Å². The van der Waals surface area contributed by atoms with E-state index in [1.165, 1.54) is 18.4 Å². The monoisotopic (exact) mass is 367 g/mol. The Balaban J connectivity index is 1.96. The number of nitrogens with one attached hydrogen (secondary N) is 2. The molecule has 6 nitrogen and oxygen atoms in total. The largest absolute Gasteiger partial charge is 0.352 e. The van der Waals surface area contributed by atoms with Gasteiger partial charge in [-0.05, 0) is 49.4 Å². The SMILES string of the molecule is CC(CC(=O)NCc1ccccc1S(=O)(=O)N(C)C)C1CCCNC1. The first-order valence-corrected chi connectivity index (χ1v) is 10.2. The van der Waals surface area contributed by atoms with Crippen molar-refractivity contribution in [3.8, 4) is 0 Å². The quantitative estimate of drug-likeness (QED) is 0.767. The van der Waals surface area contributed by atoms with Gasteiger partial charge in [-0.3, -0.25) is 4.79 Å². The first-order chi connectivity index (χ1) is 11.8. The summed E-state index contributed by atoms with van der Waals surface area (Å²) in [5.74, 6) is 0.810. The van der Waals surface area contributed by atoms with Crippen molar-refractivity contribution >= 4 is 15.9 Å². The summed E-state index contributed by atoms with van der Waals surface area (Å²) in [4.78, 5) is 12.5. The molecule has 2 atom stereocenters. The summed E-state index contributed by atoms with van der Waals surface area (Å²) in [7, 11) is -0.513. The third kappa shape index (κ3) is 5.26. The maximum absolute atomic E-state index is 12.4. The lowest BCUT2D eigenvalue weighted by molar-refractivity contribution is -0.122. The lowest BCUT2D eigenvalue weighted by Crippen LogP contribution is -2.35. The Bertz CT molecular complexity index is 683. The van der Waals surface area contributed by atoms with Gasteiger partial charge >= 0.3 is 0 Å². The Labute approximate surface area is 151 Å². The number of carbonyl (C=O) groups is 1. The number of piperidine rings is 1. The van der Waals surface area contributed by atoms with Crippen molar-refractivity contribution in [1.82, 2.24) is 14.9 Å². The van der Waals surface area contributed by atoms with Crippen LogP contribution in [0.15, 0.2) is 29.2 Å². The van der Waals surface area contributed by atoms with Crippen molar-refractivity contribution in [3.63, 3.8) is 0 Å². The Kier molecular flexibility index (Phi) is 6.98. The van der Waals surface area contributed by atoms with E-state index in [9.17, 15) is 13.2 Å². The molecular formula is C18H29N3O3S. The fraction of sp³-hybridized carbons (Fsp3) is 0.611. The lowest BCUT2D eigenvalue weighted by Gasteiger charge is -2.28. The molecule has 7 heteroatoms. The highest BCUT2D eigenvalue weighted by atomic mass is 32.2. The minimum atomic E-state index is -3.52. The summed E-state index contributed by atoms with van der Waals surface area (Å²) >= 11 is 0. The van der Waals surface area contributed by atoms with Crippen molar-refractivity contribution in [1.29, 1.82) is 0 Å². The Hall–Kier alpha value is -1.44. The molecule has 1 heterocycles. The van der Waals surface area contributed by atoms with E-state index in [-0.39, 0.29) is 17.3 Å². The second-order valence-electron chi connectivity index (χ2n) is 6.96. The number of benzene rings is 1. The predicted molar refractivity (Wildman–Crippen MR) is 98.5 cm³/mol. The fourth-order valence-corrected chi connectivity index (χ4v) is 4.30. The minimum Gasteiger partial charge on any atom is -0.352 e. The number of carbonyl (C=O) groups excluding carboxylic acids is 1. The van der Waals surface area contributed by atoms with E-state index < -0.39 is 10.0 Å². The first-order valence-electron chi connectivity index (χ1n) is 8.80. The van der Waals surface area contributed by atoms with Gasteiger partial charge in [0.1, 0.15) is 0 Å². The highest BCUT2D eigenvalue weighted by molar-refractivity contribution is 7.89. The Morgan fingerprint density at radius 3 is 2.72 bits per heavy atom. The molecule has 1 aliphatic rings. The zero-order valence-electron chi connectivity index (χ0n) is 15.3. The highest BCUT2D eigenvalue weighted by Crippen LogP contribution is 2.23. The fourth-order valence-electron chi connectivity index (χ4n) is 3.19. The number of sulfonamides is 1. The van der Waals surface area contributed by atoms with E-state index in [4.69, 9.17) is 0 Å². The van der Waals surface area contributed by atoms with E-state index in [1.54, 1.807) is 24.3 Å². The molecular weight excluding hydrogens is 338 g/mol. The molecule has 2 unspecified atom stereocenters. The van der Waals surface area contributed by atoms with Gasteiger partial charge in [0, 0.05) is 27.1 Å². The first kappa shape index (κ1) is 19.9. The molecule has 1 fully saturated rings. The topological polar surface area (TPSA) is 78.5 Å². The molecule has 0 aromatic heterocycles. The van der Waals surface area contributed by atoms with Crippen LogP contribution in [0.25, 0.3) is 0 Å². The van der Waals surface area contributed by atoms with Gasteiger partial charge in [-0.25, -0.2) is 12.7 Å². The molecule has 1 aromatic carbocycles. The standard InChI is InChI=1S/C18H29N3O3S/c1-14(15-8-6-10-19-12-15)11-18(22)20-13-16-7-4-5-9-17(16)25(23,24)21(2)3/h4-5,7,9,14-15,19H,6,8,10-13H2,1-3H3,(H,20,22). The Morgan fingerprint density at radius 1 is 1.36 bits per heavy atom. The third-order valence-corrected chi connectivity index (χ3v) is 6.77. The van der Waals surface area contributed by atoms with Gasteiger partial charge in [0.05, 0.1) is 4.90 Å². The predicted octanol–water partition coefficient (Wildman–Crippen LogP) is 1.58. The average molecular weight is 368 g/mol. The summed E-state index contributed by atoms with van der Waals surface area (Å²) in [6, 6.07) is 6.80. The van der Waals surface area contributed by atoms with E-state index in [0.29, 0.717) is 23.8 Å². The van der Waals surface area contributed by atoms with Crippen LogP contribution in [0.1, 0.15) is 31.7 Å². The number of rotatable bonds is 7. The van der Waals surface area contributed by atoms with Gasteiger partial charge in [-0.15, -0.1) is 0 Å². The van der Waals surface area contributed by atoms with E-state index in [2.05, 4.69) is 17.6 Å². The van der Waals surface area contributed by atoms with E-state index >= 15 is 0 Å². The second kappa shape index (κ2) is 8.78. The molecule has 1 aromatic rings. The van der Waals surface area contributed by atoms with E-state index in [1.807, 2.05) is 0 Å². The molecule has 2 N–H and O–H groups in total.